The van der Waals surface area contributed by atoms with Gasteiger partial charge in [0.25, 0.3) is 0 Å². The Morgan fingerprint density at radius 3 is 1.76 bits per heavy atom. The average Bonchev–Trinajstić information content (AvgIpc) is 2.32. The lowest BCUT2D eigenvalue weighted by atomic mass is 10.1. The van der Waals surface area contributed by atoms with Crippen molar-refractivity contribution in [1.82, 2.24) is 4.98 Å². The van der Waals surface area contributed by atoms with Crippen LogP contribution in [0.3, 0.4) is 0 Å². The van der Waals surface area contributed by atoms with Crippen LogP contribution in [0.15, 0.2) is 36.4 Å². The summed E-state index contributed by atoms with van der Waals surface area (Å²) in [6, 6.07) is 9.71. The van der Waals surface area contributed by atoms with Gasteiger partial charge in [-0.3, -0.25) is 0 Å². The second kappa shape index (κ2) is 3.25. The summed E-state index contributed by atoms with van der Waals surface area (Å²) in [6.07, 6.45) is 0. The number of aromatic hydroxyl groups is 2. The highest BCUT2D eigenvalue weighted by atomic mass is 16.3. The van der Waals surface area contributed by atoms with Crippen molar-refractivity contribution in [3.63, 3.8) is 0 Å². The molecule has 0 radical (unpaired) electrons. The number of benzene rings is 2. The predicted octanol–water partition coefficient (Wildman–Crippen LogP) is 2.38. The summed E-state index contributed by atoms with van der Waals surface area (Å²) in [5, 5.41) is 20.3. The molecule has 0 spiro atoms. The van der Waals surface area contributed by atoms with Crippen LogP contribution in [0.25, 0.3) is 21.8 Å². The highest BCUT2D eigenvalue weighted by Crippen LogP contribution is 2.31. The van der Waals surface area contributed by atoms with Crippen molar-refractivity contribution in [3.05, 3.63) is 36.4 Å². The molecule has 3 aromatic rings. The first kappa shape index (κ1) is 9.72. The largest absolute Gasteiger partial charge is 0.508 e. The topological polar surface area (TPSA) is 79.4 Å². The Hall–Kier alpha value is -2.49. The molecular weight excluding hydrogens is 216 g/mol. The summed E-state index contributed by atoms with van der Waals surface area (Å²) in [6.45, 7) is 0. The second-order valence-electron chi connectivity index (χ2n) is 3.93. The molecule has 0 aliphatic heterocycles. The Balaban J connectivity index is 2.53. The van der Waals surface area contributed by atoms with Crippen LogP contribution < -0.4 is 5.73 Å². The van der Waals surface area contributed by atoms with Crippen LogP contribution in [-0.2, 0) is 0 Å². The van der Waals surface area contributed by atoms with Gasteiger partial charge in [0.1, 0.15) is 11.5 Å². The van der Waals surface area contributed by atoms with Gasteiger partial charge in [0.15, 0.2) is 0 Å². The van der Waals surface area contributed by atoms with Gasteiger partial charge in [-0.15, -0.1) is 0 Å². The highest BCUT2D eigenvalue weighted by Gasteiger charge is 2.07. The molecule has 0 aliphatic carbocycles. The molecule has 3 rings (SSSR count). The fraction of sp³-hybridized carbons (Fsp3) is 0. The Bertz CT molecular complexity index is 678. The molecule has 0 fully saturated rings. The number of rotatable bonds is 0. The van der Waals surface area contributed by atoms with E-state index in [2.05, 4.69) is 4.98 Å². The number of phenolic OH excluding ortho intramolecular Hbond substituents is 2. The maximum Gasteiger partial charge on any atom is 0.116 e. The zero-order chi connectivity index (χ0) is 12.0. The molecule has 2 aromatic carbocycles. The lowest BCUT2D eigenvalue weighted by Crippen LogP contribution is -1.92. The zero-order valence-electron chi connectivity index (χ0n) is 8.88. The Morgan fingerprint density at radius 1 is 0.824 bits per heavy atom. The van der Waals surface area contributed by atoms with Crippen molar-refractivity contribution in [2.45, 2.75) is 0 Å². The molecule has 4 heteroatoms. The first-order valence-corrected chi connectivity index (χ1v) is 5.16. The molecule has 0 aliphatic rings. The number of nitrogens with zero attached hydrogens (tertiary/aromatic N) is 1. The quantitative estimate of drug-likeness (QED) is 0.514. The van der Waals surface area contributed by atoms with Crippen LogP contribution in [0.1, 0.15) is 0 Å². The van der Waals surface area contributed by atoms with Crippen LogP contribution >= 0.6 is 0 Å². The standard InChI is InChI=1S/C13H10N2O2/c14-13-9-5-7(16)1-3-11(9)15-12-4-2-8(17)6-10(12)13/h1-6,16-17H,(H2,14,15). The summed E-state index contributed by atoms with van der Waals surface area (Å²) in [4.78, 5) is 4.42. The van der Waals surface area contributed by atoms with Crippen LogP contribution in [0.2, 0.25) is 0 Å². The first-order chi connectivity index (χ1) is 8.15. The van der Waals surface area contributed by atoms with Crippen molar-refractivity contribution in [2.24, 2.45) is 0 Å². The monoisotopic (exact) mass is 226 g/mol. The number of nitrogens with two attached hydrogens (primary N) is 1. The van der Waals surface area contributed by atoms with Gasteiger partial charge in [-0.1, -0.05) is 0 Å². The fourth-order valence-corrected chi connectivity index (χ4v) is 1.95. The van der Waals surface area contributed by atoms with E-state index in [-0.39, 0.29) is 11.5 Å². The third-order valence-electron chi connectivity index (χ3n) is 2.78. The summed E-state index contributed by atoms with van der Waals surface area (Å²) in [7, 11) is 0. The summed E-state index contributed by atoms with van der Waals surface area (Å²) in [5.41, 5.74) is 7.98. The fourth-order valence-electron chi connectivity index (χ4n) is 1.95. The minimum Gasteiger partial charge on any atom is -0.508 e. The van der Waals surface area contributed by atoms with Crippen molar-refractivity contribution in [1.29, 1.82) is 0 Å². The van der Waals surface area contributed by atoms with E-state index in [1.165, 1.54) is 0 Å². The molecule has 0 saturated heterocycles. The number of nitrogen functional groups attached to an aromatic ring is 1. The Morgan fingerprint density at radius 2 is 1.29 bits per heavy atom. The lowest BCUT2D eigenvalue weighted by molar-refractivity contribution is 0.476. The molecule has 17 heavy (non-hydrogen) atoms. The average molecular weight is 226 g/mol. The molecule has 4 N–H and O–H groups in total. The van der Waals surface area contributed by atoms with Crippen molar-refractivity contribution < 1.29 is 10.2 Å². The van der Waals surface area contributed by atoms with Crippen LogP contribution in [0, 0.1) is 0 Å². The summed E-state index contributed by atoms with van der Waals surface area (Å²) < 4.78 is 0. The SMILES string of the molecule is Nc1c2cc(O)ccc2nc2ccc(O)cc12. The Labute approximate surface area is 96.9 Å². The van der Waals surface area contributed by atoms with E-state index in [4.69, 9.17) is 5.73 Å². The van der Waals surface area contributed by atoms with E-state index < -0.39 is 0 Å². The molecule has 1 aromatic heterocycles. The smallest absolute Gasteiger partial charge is 0.116 e. The summed E-state index contributed by atoms with van der Waals surface area (Å²) in [5.74, 6) is 0.288. The zero-order valence-corrected chi connectivity index (χ0v) is 8.88. The number of phenols is 2. The number of anilines is 1. The predicted molar refractivity (Wildman–Crippen MR) is 67.0 cm³/mol. The van der Waals surface area contributed by atoms with E-state index in [1.54, 1.807) is 36.4 Å². The van der Waals surface area contributed by atoms with E-state index in [1.807, 2.05) is 0 Å². The molecule has 0 atom stereocenters. The maximum absolute atomic E-state index is 9.45. The van der Waals surface area contributed by atoms with Crippen molar-refractivity contribution in [3.8, 4) is 11.5 Å². The number of hydrogen-bond donors (Lipinski definition) is 3. The van der Waals surface area contributed by atoms with E-state index in [0.29, 0.717) is 16.5 Å². The lowest BCUT2D eigenvalue weighted by Gasteiger charge is -2.07. The normalized spacial score (nSPS) is 11.1. The minimum atomic E-state index is 0.144. The van der Waals surface area contributed by atoms with Gasteiger partial charge in [-0.2, -0.15) is 0 Å². The van der Waals surface area contributed by atoms with Gasteiger partial charge in [-0.05, 0) is 36.4 Å². The molecule has 0 bridgehead atoms. The third-order valence-corrected chi connectivity index (χ3v) is 2.78. The molecule has 0 saturated carbocycles. The number of aromatic nitrogens is 1. The van der Waals surface area contributed by atoms with Gasteiger partial charge in [-0.25, -0.2) is 4.98 Å². The molecular formula is C13H10N2O2. The van der Waals surface area contributed by atoms with Crippen LogP contribution in [0.5, 0.6) is 11.5 Å². The van der Waals surface area contributed by atoms with E-state index in [0.717, 1.165) is 11.0 Å². The van der Waals surface area contributed by atoms with E-state index in [9.17, 15) is 10.2 Å². The molecule has 0 unspecified atom stereocenters. The van der Waals surface area contributed by atoms with Gasteiger partial charge < -0.3 is 15.9 Å². The second-order valence-corrected chi connectivity index (χ2v) is 3.93. The third kappa shape index (κ3) is 1.42. The Kier molecular flexibility index (Phi) is 1.86. The minimum absolute atomic E-state index is 0.144. The van der Waals surface area contributed by atoms with Gasteiger partial charge in [0.2, 0.25) is 0 Å². The maximum atomic E-state index is 9.45. The summed E-state index contributed by atoms with van der Waals surface area (Å²) >= 11 is 0. The number of fused-ring (bicyclic) bond motifs is 2. The van der Waals surface area contributed by atoms with Gasteiger partial charge in [0.05, 0.1) is 16.7 Å². The number of pyridine rings is 1. The van der Waals surface area contributed by atoms with Gasteiger partial charge in [0, 0.05) is 10.8 Å². The van der Waals surface area contributed by atoms with Crippen LogP contribution in [0.4, 0.5) is 5.69 Å². The first-order valence-electron chi connectivity index (χ1n) is 5.16. The van der Waals surface area contributed by atoms with E-state index >= 15 is 0 Å². The molecule has 0 amide bonds. The molecule has 1 heterocycles. The van der Waals surface area contributed by atoms with Gasteiger partial charge >= 0.3 is 0 Å². The highest BCUT2D eigenvalue weighted by molar-refractivity contribution is 6.06. The number of hydrogen-bond acceptors (Lipinski definition) is 4. The van der Waals surface area contributed by atoms with Crippen molar-refractivity contribution >= 4 is 27.5 Å². The van der Waals surface area contributed by atoms with Crippen molar-refractivity contribution in [2.75, 3.05) is 5.73 Å². The molecule has 4 nitrogen and oxygen atoms in total. The van der Waals surface area contributed by atoms with Crippen LogP contribution in [-0.4, -0.2) is 15.2 Å². The molecule has 84 valence electrons.